The zero-order valence-corrected chi connectivity index (χ0v) is 11.2. The van der Waals surface area contributed by atoms with E-state index in [2.05, 4.69) is 6.07 Å². The molecule has 1 amide bonds. The minimum absolute atomic E-state index is 0.0669. The van der Waals surface area contributed by atoms with Gasteiger partial charge in [-0.3, -0.25) is 4.79 Å². The molecule has 0 aliphatic rings. The normalized spacial score (nSPS) is 10.7. The van der Waals surface area contributed by atoms with E-state index in [-0.39, 0.29) is 11.9 Å². The first-order valence-electron chi connectivity index (χ1n) is 6.05. The maximum atomic E-state index is 12.4. The molecule has 94 valence electrons. The van der Waals surface area contributed by atoms with Crippen LogP contribution < -0.4 is 5.73 Å². The average molecular weight is 234 g/mol. The van der Waals surface area contributed by atoms with Gasteiger partial charge in [-0.25, -0.2) is 0 Å². The van der Waals surface area contributed by atoms with Crippen LogP contribution in [-0.4, -0.2) is 29.9 Å². The second-order valence-corrected chi connectivity index (χ2v) is 4.76. The fraction of sp³-hybridized carbons (Fsp3) is 0.500. The average Bonchev–Trinajstić information content (AvgIpc) is 2.23. The van der Waals surface area contributed by atoms with Crippen LogP contribution in [0.1, 0.15) is 35.3 Å². The lowest BCUT2D eigenvalue weighted by Crippen LogP contribution is -2.40. The van der Waals surface area contributed by atoms with Crippen LogP contribution in [0.15, 0.2) is 18.2 Å². The van der Waals surface area contributed by atoms with Crippen molar-refractivity contribution in [1.82, 2.24) is 4.90 Å². The van der Waals surface area contributed by atoms with Crippen molar-refractivity contribution in [3.8, 4) is 0 Å². The first-order valence-corrected chi connectivity index (χ1v) is 6.05. The van der Waals surface area contributed by atoms with Crippen LogP contribution in [0.5, 0.6) is 0 Å². The van der Waals surface area contributed by atoms with Crippen LogP contribution in [0.4, 0.5) is 0 Å². The number of nitrogens with two attached hydrogens (primary N) is 1. The first kappa shape index (κ1) is 13.7. The number of rotatable bonds is 4. The van der Waals surface area contributed by atoms with Gasteiger partial charge in [0.25, 0.3) is 5.91 Å². The van der Waals surface area contributed by atoms with Crippen molar-refractivity contribution in [2.24, 2.45) is 5.73 Å². The van der Waals surface area contributed by atoms with E-state index in [0.29, 0.717) is 13.1 Å². The third-order valence-corrected chi connectivity index (χ3v) is 2.72. The van der Waals surface area contributed by atoms with Crippen molar-refractivity contribution in [2.45, 2.75) is 33.7 Å². The predicted molar refractivity (Wildman–Crippen MR) is 71.1 cm³/mol. The molecule has 1 aromatic carbocycles. The Bertz CT molecular complexity index is 379. The summed E-state index contributed by atoms with van der Waals surface area (Å²) >= 11 is 0. The third kappa shape index (κ3) is 3.56. The number of hydrogen-bond acceptors (Lipinski definition) is 2. The lowest BCUT2D eigenvalue weighted by Gasteiger charge is -2.26. The minimum Gasteiger partial charge on any atom is -0.335 e. The Morgan fingerprint density at radius 2 is 1.76 bits per heavy atom. The van der Waals surface area contributed by atoms with Crippen LogP contribution in [0.2, 0.25) is 0 Å². The van der Waals surface area contributed by atoms with Crippen molar-refractivity contribution in [3.63, 3.8) is 0 Å². The molecule has 0 radical (unpaired) electrons. The zero-order chi connectivity index (χ0) is 13.0. The summed E-state index contributed by atoms with van der Waals surface area (Å²) in [5.74, 6) is 0.0669. The van der Waals surface area contributed by atoms with Crippen molar-refractivity contribution in [2.75, 3.05) is 13.1 Å². The van der Waals surface area contributed by atoms with Crippen LogP contribution in [0.3, 0.4) is 0 Å². The highest BCUT2D eigenvalue weighted by atomic mass is 16.2. The number of carbonyl (C=O) groups excluding carboxylic acids is 1. The highest BCUT2D eigenvalue weighted by molar-refractivity contribution is 5.94. The molecule has 0 atom stereocenters. The van der Waals surface area contributed by atoms with Crippen LogP contribution in [0, 0.1) is 13.8 Å². The molecule has 1 rings (SSSR count). The van der Waals surface area contributed by atoms with Crippen LogP contribution in [-0.2, 0) is 0 Å². The Morgan fingerprint density at radius 1 is 1.24 bits per heavy atom. The highest BCUT2D eigenvalue weighted by Crippen LogP contribution is 2.13. The van der Waals surface area contributed by atoms with Gasteiger partial charge in [-0.15, -0.1) is 0 Å². The summed E-state index contributed by atoms with van der Waals surface area (Å²) in [5.41, 5.74) is 8.53. The molecular formula is C14H22N2O. The lowest BCUT2D eigenvalue weighted by atomic mass is 10.1. The van der Waals surface area contributed by atoms with Crippen molar-refractivity contribution < 1.29 is 4.79 Å². The van der Waals surface area contributed by atoms with Gasteiger partial charge in [-0.2, -0.15) is 0 Å². The maximum absolute atomic E-state index is 12.4. The van der Waals surface area contributed by atoms with E-state index in [9.17, 15) is 4.79 Å². The summed E-state index contributed by atoms with van der Waals surface area (Å²) < 4.78 is 0. The van der Waals surface area contributed by atoms with Crippen molar-refractivity contribution in [3.05, 3.63) is 34.9 Å². The van der Waals surface area contributed by atoms with Gasteiger partial charge in [0, 0.05) is 24.7 Å². The Balaban J connectivity index is 3.00. The van der Waals surface area contributed by atoms with Gasteiger partial charge in [0.1, 0.15) is 0 Å². The molecule has 3 heteroatoms. The molecule has 0 aliphatic carbocycles. The Kier molecular flexibility index (Phi) is 4.70. The zero-order valence-electron chi connectivity index (χ0n) is 11.2. The Hall–Kier alpha value is -1.35. The standard InChI is InChI=1S/C14H22N2O/c1-10(2)16(6-5-15)14(17)13-8-11(3)7-12(4)9-13/h7-10H,5-6,15H2,1-4H3. The Morgan fingerprint density at radius 3 is 2.18 bits per heavy atom. The van der Waals surface area contributed by atoms with Gasteiger partial charge >= 0.3 is 0 Å². The topological polar surface area (TPSA) is 46.3 Å². The summed E-state index contributed by atoms with van der Waals surface area (Å²) in [5, 5.41) is 0. The summed E-state index contributed by atoms with van der Waals surface area (Å²) in [7, 11) is 0. The molecule has 0 unspecified atom stereocenters. The summed E-state index contributed by atoms with van der Waals surface area (Å²) in [4.78, 5) is 14.2. The number of benzene rings is 1. The Labute approximate surface area is 104 Å². The van der Waals surface area contributed by atoms with Gasteiger partial charge in [0.15, 0.2) is 0 Å². The molecule has 0 saturated carbocycles. The maximum Gasteiger partial charge on any atom is 0.254 e. The molecule has 2 N–H and O–H groups in total. The molecule has 1 aromatic rings. The minimum atomic E-state index is 0.0669. The van der Waals surface area contributed by atoms with E-state index in [4.69, 9.17) is 5.73 Å². The van der Waals surface area contributed by atoms with Crippen LogP contribution in [0.25, 0.3) is 0 Å². The molecule has 0 aromatic heterocycles. The fourth-order valence-electron chi connectivity index (χ4n) is 2.00. The molecule has 0 saturated heterocycles. The number of aryl methyl sites for hydroxylation is 2. The SMILES string of the molecule is Cc1cc(C)cc(C(=O)N(CCN)C(C)C)c1. The quantitative estimate of drug-likeness (QED) is 0.867. The molecule has 3 nitrogen and oxygen atoms in total. The van der Waals surface area contributed by atoms with Crippen molar-refractivity contribution in [1.29, 1.82) is 0 Å². The number of carbonyl (C=O) groups is 1. The second kappa shape index (κ2) is 5.82. The lowest BCUT2D eigenvalue weighted by molar-refractivity contribution is 0.0711. The molecular weight excluding hydrogens is 212 g/mol. The number of hydrogen-bond donors (Lipinski definition) is 1. The van der Waals surface area contributed by atoms with Gasteiger partial charge in [-0.1, -0.05) is 17.2 Å². The van der Waals surface area contributed by atoms with Gasteiger partial charge in [0.05, 0.1) is 0 Å². The van der Waals surface area contributed by atoms with E-state index >= 15 is 0 Å². The smallest absolute Gasteiger partial charge is 0.254 e. The molecule has 17 heavy (non-hydrogen) atoms. The summed E-state index contributed by atoms with van der Waals surface area (Å²) in [6.07, 6.45) is 0. The predicted octanol–water partition coefficient (Wildman–Crippen LogP) is 2.11. The van der Waals surface area contributed by atoms with Gasteiger partial charge < -0.3 is 10.6 Å². The summed E-state index contributed by atoms with van der Waals surface area (Å²) in [6, 6.07) is 6.11. The van der Waals surface area contributed by atoms with E-state index in [0.717, 1.165) is 16.7 Å². The van der Waals surface area contributed by atoms with Gasteiger partial charge in [-0.05, 0) is 39.8 Å². The highest BCUT2D eigenvalue weighted by Gasteiger charge is 2.18. The first-order chi connectivity index (χ1) is 7.95. The second-order valence-electron chi connectivity index (χ2n) is 4.76. The monoisotopic (exact) mass is 234 g/mol. The van der Waals surface area contributed by atoms with E-state index in [1.54, 1.807) is 0 Å². The number of nitrogens with zero attached hydrogens (tertiary/aromatic N) is 1. The summed E-state index contributed by atoms with van der Waals surface area (Å²) in [6.45, 7) is 9.13. The van der Waals surface area contributed by atoms with Crippen LogP contribution >= 0.6 is 0 Å². The van der Waals surface area contributed by atoms with E-state index in [1.807, 2.05) is 44.7 Å². The third-order valence-electron chi connectivity index (χ3n) is 2.72. The molecule has 0 spiro atoms. The van der Waals surface area contributed by atoms with Gasteiger partial charge in [0.2, 0.25) is 0 Å². The molecule has 0 fully saturated rings. The molecule has 0 bridgehead atoms. The molecule has 0 heterocycles. The number of amides is 1. The van der Waals surface area contributed by atoms with Crippen molar-refractivity contribution >= 4 is 5.91 Å². The van der Waals surface area contributed by atoms with E-state index < -0.39 is 0 Å². The molecule has 0 aliphatic heterocycles. The van der Waals surface area contributed by atoms with E-state index in [1.165, 1.54) is 0 Å². The largest absolute Gasteiger partial charge is 0.335 e. The fourth-order valence-corrected chi connectivity index (χ4v) is 2.00.